The van der Waals surface area contributed by atoms with Gasteiger partial charge < -0.3 is 34.3 Å². The van der Waals surface area contributed by atoms with E-state index in [9.17, 15) is 37.9 Å². The Bertz CT molecular complexity index is 1290. The van der Waals surface area contributed by atoms with E-state index in [1.807, 2.05) is 0 Å². The van der Waals surface area contributed by atoms with Crippen LogP contribution in [0.5, 0.6) is 0 Å². The molecule has 0 amide bonds. The lowest BCUT2D eigenvalue weighted by molar-refractivity contribution is -0.297. The Kier molecular flexibility index (Phi) is 36.6. The monoisotopic (exact) mass is 901 g/mol. The zero-order chi connectivity index (χ0) is 45.5. The third-order valence-electron chi connectivity index (χ3n) is 11.2. The molecule has 1 aliphatic heterocycles. The molecule has 1 saturated heterocycles. The number of carbonyl (C=O) groups is 2. The molecule has 4 N–H and O–H groups in total. The minimum Gasteiger partial charge on any atom is -0.462 e. The molecule has 0 bridgehead atoms. The molecule has 13 heteroatoms. The predicted octanol–water partition coefficient (Wildman–Crippen LogP) is 10.6. The highest BCUT2D eigenvalue weighted by molar-refractivity contribution is 7.85. The van der Waals surface area contributed by atoms with Gasteiger partial charge in [-0.1, -0.05) is 159 Å². The van der Waals surface area contributed by atoms with Crippen molar-refractivity contribution in [2.24, 2.45) is 0 Å². The average molecular weight is 901 g/mol. The molecule has 0 aromatic rings. The maximum absolute atomic E-state index is 12.8. The Morgan fingerprint density at radius 2 is 0.968 bits per heavy atom. The lowest BCUT2D eigenvalue weighted by Gasteiger charge is -2.40. The van der Waals surface area contributed by atoms with Crippen molar-refractivity contribution in [3.05, 3.63) is 36.5 Å². The van der Waals surface area contributed by atoms with Gasteiger partial charge in [0.05, 0.1) is 6.61 Å². The third kappa shape index (κ3) is 33.4. The van der Waals surface area contributed by atoms with Crippen molar-refractivity contribution in [3.8, 4) is 0 Å². The standard InChI is InChI=1S/C49H88O12S/c1-3-5-7-9-11-13-15-17-19-20-21-22-24-26-28-30-32-34-36-38-45(51)60-42(40-59-49-48(54)47(53)46(52)43(61-49)41-62(55,56)57)39-58-44(50)37-35-33-31-29-27-25-23-18-16-14-12-10-8-6-4-2/h17-19,23,27,29,42-43,46-49,52-54H,3-16,20-22,24-26,28,30-41H2,1-2H3,(H,55,56,57)/b19-17+,23-18+,29-27+/t42-,43-,46-,47?,48?,49+/m1/s1. The predicted molar refractivity (Wildman–Crippen MR) is 247 cm³/mol. The first-order valence-electron chi connectivity index (χ1n) is 24.5. The van der Waals surface area contributed by atoms with Crippen LogP contribution in [-0.2, 0) is 38.7 Å². The molecule has 0 aromatic heterocycles. The van der Waals surface area contributed by atoms with Gasteiger partial charge in [0.1, 0.15) is 36.8 Å². The van der Waals surface area contributed by atoms with E-state index in [0.29, 0.717) is 12.8 Å². The van der Waals surface area contributed by atoms with E-state index in [1.165, 1.54) is 122 Å². The highest BCUT2D eigenvalue weighted by atomic mass is 32.2. The van der Waals surface area contributed by atoms with Crippen molar-refractivity contribution in [3.63, 3.8) is 0 Å². The Hall–Kier alpha value is -2.13. The van der Waals surface area contributed by atoms with Gasteiger partial charge in [0, 0.05) is 12.8 Å². The summed E-state index contributed by atoms with van der Waals surface area (Å²) in [6.07, 6.45) is 36.2. The van der Waals surface area contributed by atoms with Crippen molar-refractivity contribution < 1.29 is 56.8 Å². The van der Waals surface area contributed by atoms with Crippen LogP contribution in [0, 0.1) is 0 Å². The molecule has 2 unspecified atom stereocenters. The van der Waals surface area contributed by atoms with Gasteiger partial charge in [0.15, 0.2) is 12.4 Å². The molecule has 1 heterocycles. The molecule has 6 atom stereocenters. The van der Waals surface area contributed by atoms with E-state index in [0.717, 1.165) is 44.9 Å². The van der Waals surface area contributed by atoms with Crippen molar-refractivity contribution in [1.29, 1.82) is 0 Å². The molecule has 0 saturated carbocycles. The number of aliphatic hydroxyl groups is 3. The zero-order valence-corrected chi connectivity index (χ0v) is 39.5. The van der Waals surface area contributed by atoms with Gasteiger partial charge in [-0.2, -0.15) is 8.42 Å². The van der Waals surface area contributed by atoms with Crippen LogP contribution < -0.4 is 0 Å². The molecule has 0 spiro atoms. The molecule has 1 aliphatic rings. The lowest BCUT2D eigenvalue weighted by atomic mass is 10.00. The van der Waals surface area contributed by atoms with Gasteiger partial charge in [-0.15, -0.1) is 0 Å². The molecular weight excluding hydrogens is 813 g/mol. The van der Waals surface area contributed by atoms with Crippen LogP contribution in [0.3, 0.4) is 0 Å². The van der Waals surface area contributed by atoms with Gasteiger partial charge >= 0.3 is 11.9 Å². The Morgan fingerprint density at radius 3 is 1.47 bits per heavy atom. The van der Waals surface area contributed by atoms with Crippen LogP contribution in [0.25, 0.3) is 0 Å². The molecule has 62 heavy (non-hydrogen) atoms. The van der Waals surface area contributed by atoms with Crippen LogP contribution in [0.4, 0.5) is 0 Å². The van der Waals surface area contributed by atoms with E-state index in [2.05, 4.69) is 50.3 Å². The fraction of sp³-hybridized carbons (Fsp3) is 0.837. The van der Waals surface area contributed by atoms with E-state index in [4.69, 9.17) is 18.9 Å². The highest BCUT2D eigenvalue weighted by Gasteiger charge is 2.46. The SMILES string of the molecule is CCCCCCCC/C=C/C/C=C/CCCCC(=O)OC[C@H](CO[C@H]1O[C@H](CS(=O)(=O)O)[C@@H](O)C(O)C1O)OC(=O)CCCCCCCCCCC/C=C/CCCCCCCC. The summed E-state index contributed by atoms with van der Waals surface area (Å²) < 4.78 is 54.1. The number of hydrogen-bond donors (Lipinski definition) is 4. The van der Waals surface area contributed by atoms with Crippen LogP contribution in [0.15, 0.2) is 36.5 Å². The van der Waals surface area contributed by atoms with E-state index in [1.54, 1.807) is 0 Å². The number of ether oxygens (including phenoxy) is 4. The number of allylic oxidation sites excluding steroid dienone is 6. The average Bonchev–Trinajstić information content (AvgIpc) is 3.24. The molecule has 1 rings (SSSR count). The first-order valence-corrected chi connectivity index (χ1v) is 26.2. The summed E-state index contributed by atoms with van der Waals surface area (Å²) in [5.41, 5.74) is 0. The molecule has 0 aromatic carbocycles. The number of esters is 2. The topological polar surface area (TPSA) is 186 Å². The van der Waals surface area contributed by atoms with Gasteiger partial charge in [-0.05, 0) is 70.6 Å². The second-order valence-electron chi connectivity index (χ2n) is 17.1. The maximum atomic E-state index is 12.8. The summed E-state index contributed by atoms with van der Waals surface area (Å²) in [5.74, 6) is -2.02. The second-order valence-corrected chi connectivity index (χ2v) is 18.6. The third-order valence-corrected chi connectivity index (χ3v) is 11.9. The minimum absolute atomic E-state index is 0.156. The number of hydrogen-bond acceptors (Lipinski definition) is 11. The first kappa shape index (κ1) is 57.9. The minimum atomic E-state index is -4.61. The first-order chi connectivity index (χ1) is 30.0. The number of carbonyl (C=O) groups excluding carboxylic acids is 2. The Labute approximate surface area is 376 Å². The van der Waals surface area contributed by atoms with Crippen LogP contribution in [0.2, 0.25) is 0 Å². The van der Waals surface area contributed by atoms with Crippen molar-refractivity contribution in [2.45, 2.75) is 243 Å². The maximum Gasteiger partial charge on any atom is 0.306 e. The smallest absolute Gasteiger partial charge is 0.306 e. The number of unbranched alkanes of at least 4 members (excludes halogenated alkanes) is 23. The van der Waals surface area contributed by atoms with Crippen LogP contribution in [0.1, 0.15) is 206 Å². The molecule has 0 radical (unpaired) electrons. The van der Waals surface area contributed by atoms with Crippen molar-refractivity contribution in [1.82, 2.24) is 0 Å². The Balaban J connectivity index is 2.42. The normalized spacial score (nSPS) is 20.1. The summed E-state index contributed by atoms with van der Waals surface area (Å²) in [7, 11) is -4.61. The molecule has 0 aliphatic carbocycles. The molecular formula is C49H88O12S. The fourth-order valence-electron chi connectivity index (χ4n) is 7.35. The summed E-state index contributed by atoms with van der Waals surface area (Å²) >= 11 is 0. The summed E-state index contributed by atoms with van der Waals surface area (Å²) in [5, 5.41) is 30.9. The Morgan fingerprint density at radius 1 is 0.548 bits per heavy atom. The largest absolute Gasteiger partial charge is 0.462 e. The molecule has 362 valence electrons. The summed E-state index contributed by atoms with van der Waals surface area (Å²) in [6, 6.07) is 0. The van der Waals surface area contributed by atoms with E-state index >= 15 is 0 Å². The second kappa shape index (κ2) is 39.3. The fourth-order valence-corrected chi connectivity index (χ4v) is 8.04. The van der Waals surface area contributed by atoms with Crippen LogP contribution in [-0.4, -0.2) is 96.0 Å². The number of rotatable bonds is 41. The lowest BCUT2D eigenvalue weighted by Crippen LogP contribution is -2.60. The zero-order valence-electron chi connectivity index (χ0n) is 38.7. The molecule has 1 fully saturated rings. The van der Waals surface area contributed by atoms with E-state index < -0.39 is 71.2 Å². The van der Waals surface area contributed by atoms with E-state index in [-0.39, 0.29) is 19.4 Å². The summed E-state index contributed by atoms with van der Waals surface area (Å²) in [6.45, 7) is 3.73. The number of aliphatic hydroxyl groups excluding tert-OH is 3. The van der Waals surface area contributed by atoms with Gasteiger partial charge in [0.25, 0.3) is 10.1 Å². The summed E-state index contributed by atoms with van der Waals surface area (Å²) in [4.78, 5) is 25.4. The molecule has 12 nitrogen and oxygen atoms in total. The van der Waals surface area contributed by atoms with Crippen LogP contribution >= 0.6 is 0 Å². The van der Waals surface area contributed by atoms with Crippen molar-refractivity contribution >= 4 is 22.1 Å². The van der Waals surface area contributed by atoms with Crippen molar-refractivity contribution in [2.75, 3.05) is 19.0 Å². The van der Waals surface area contributed by atoms with Gasteiger partial charge in [-0.3, -0.25) is 14.1 Å². The van der Waals surface area contributed by atoms with Gasteiger partial charge in [0.2, 0.25) is 0 Å². The quantitative estimate of drug-likeness (QED) is 0.0197. The van der Waals surface area contributed by atoms with Gasteiger partial charge in [-0.25, -0.2) is 0 Å². The highest BCUT2D eigenvalue weighted by Crippen LogP contribution is 2.24.